The van der Waals surface area contributed by atoms with E-state index in [1.54, 1.807) is 0 Å². The lowest BCUT2D eigenvalue weighted by Gasteiger charge is -2.24. The molecule has 0 saturated heterocycles. The number of nitrogens with one attached hydrogen (secondary N) is 3. The van der Waals surface area contributed by atoms with E-state index in [0.717, 1.165) is 0 Å². The van der Waals surface area contributed by atoms with Crippen molar-refractivity contribution in [2.75, 3.05) is 12.3 Å². The maximum absolute atomic E-state index is 12.6. The number of unbranched alkanes of at least 4 members (excludes halogenated alkanes) is 1. The lowest BCUT2D eigenvalue weighted by molar-refractivity contribution is -0.143. The van der Waals surface area contributed by atoms with Crippen molar-refractivity contribution in [3.05, 3.63) is 0 Å². The molecule has 13 heteroatoms. The Morgan fingerprint density at radius 1 is 0.931 bits per heavy atom. The SMILES string of the molecule is CC(N)C(=O)NC(CCCCN)C(=O)NC(CS)C(=O)NC(CC(N)=O)C(=O)O. The van der Waals surface area contributed by atoms with Crippen molar-refractivity contribution >= 4 is 42.2 Å². The number of amides is 4. The molecule has 0 rings (SSSR count). The van der Waals surface area contributed by atoms with Gasteiger partial charge in [-0.15, -0.1) is 0 Å². The van der Waals surface area contributed by atoms with E-state index in [1.165, 1.54) is 6.92 Å². The van der Waals surface area contributed by atoms with Gasteiger partial charge in [0.15, 0.2) is 0 Å². The van der Waals surface area contributed by atoms with Crippen molar-refractivity contribution in [1.29, 1.82) is 0 Å². The summed E-state index contributed by atoms with van der Waals surface area (Å²) >= 11 is 3.99. The summed E-state index contributed by atoms with van der Waals surface area (Å²) in [4.78, 5) is 58.8. The number of aliphatic carboxylic acids is 1. The average molecular weight is 435 g/mol. The van der Waals surface area contributed by atoms with E-state index in [2.05, 4.69) is 28.6 Å². The predicted octanol–water partition coefficient (Wildman–Crippen LogP) is -3.19. The largest absolute Gasteiger partial charge is 0.480 e. The van der Waals surface area contributed by atoms with Gasteiger partial charge in [0.25, 0.3) is 0 Å². The fraction of sp³-hybridized carbons (Fsp3) is 0.688. The Balaban J connectivity index is 5.14. The first-order chi connectivity index (χ1) is 13.5. The first kappa shape index (κ1) is 26.6. The molecule has 0 radical (unpaired) electrons. The van der Waals surface area contributed by atoms with Gasteiger partial charge in [0, 0.05) is 5.75 Å². The van der Waals surface area contributed by atoms with Gasteiger partial charge in [-0.25, -0.2) is 4.79 Å². The number of nitrogens with two attached hydrogens (primary N) is 3. The summed E-state index contributed by atoms with van der Waals surface area (Å²) in [6, 6.07) is -4.55. The Hall–Kier alpha value is -2.38. The normalized spacial score (nSPS) is 14.8. The zero-order valence-electron chi connectivity index (χ0n) is 16.2. The Morgan fingerprint density at radius 3 is 1.90 bits per heavy atom. The number of carboxylic acid groups (broad SMARTS) is 1. The highest BCUT2D eigenvalue weighted by molar-refractivity contribution is 7.80. The smallest absolute Gasteiger partial charge is 0.326 e. The van der Waals surface area contributed by atoms with E-state index in [9.17, 15) is 24.0 Å². The van der Waals surface area contributed by atoms with Crippen LogP contribution in [-0.2, 0) is 24.0 Å². The minimum atomic E-state index is -1.54. The minimum Gasteiger partial charge on any atom is -0.480 e. The van der Waals surface area contributed by atoms with Gasteiger partial charge < -0.3 is 38.3 Å². The van der Waals surface area contributed by atoms with Crippen LogP contribution in [0.1, 0.15) is 32.6 Å². The van der Waals surface area contributed by atoms with Crippen LogP contribution in [0.3, 0.4) is 0 Å². The summed E-state index contributed by atoms with van der Waals surface area (Å²) in [5.41, 5.74) is 15.9. The summed E-state index contributed by atoms with van der Waals surface area (Å²) in [6.45, 7) is 1.87. The molecule has 4 unspecified atom stereocenters. The molecule has 0 saturated carbocycles. The van der Waals surface area contributed by atoms with Crippen LogP contribution in [0.25, 0.3) is 0 Å². The molecule has 166 valence electrons. The predicted molar refractivity (Wildman–Crippen MR) is 108 cm³/mol. The first-order valence-corrected chi connectivity index (χ1v) is 9.65. The lowest BCUT2D eigenvalue weighted by Crippen LogP contribution is -2.57. The lowest BCUT2D eigenvalue weighted by atomic mass is 10.1. The van der Waals surface area contributed by atoms with E-state index in [-0.39, 0.29) is 12.2 Å². The monoisotopic (exact) mass is 434 g/mol. The molecule has 0 aliphatic carbocycles. The van der Waals surface area contributed by atoms with E-state index in [0.29, 0.717) is 19.4 Å². The van der Waals surface area contributed by atoms with Gasteiger partial charge in [0.2, 0.25) is 23.6 Å². The second-order valence-electron chi connectivity index (χ2n) is 6.45. The van der Waals surface area contributed by atoms with Gasteiger partial charge in [0.05, 0.1) is 12.5 Å². The summed E-state index contributed by atoms with van der Waals surface area (Å²) in [5, 5.41) is 16.1. The van der Waals surface area contributed by atoms with Crippen LogP contribution < -0.4 is 33.2 Å². The quantitative estimate of drug-likeness (QED) is 0.102. The second-order valence-corrected chi connectivity index (χ2v) is 6.81. The molecule has 0 fully saturated rings. The summed E-state index contributed by atoms with van der Waals surface area (Å²) in [6.07, 6.45) is 0.829. The molecule has 0 bridgehead atoms. The third-order valence-corrected chi connectivity index (χ3v) is 4.19. The Bertz CT molecular complexity index is 602. The molecule has 0 aromatic rings. The van der Waals surface area contributed by atoms with E-state index >= 15 is 0 Å². The molecule has 4 amide bonds. The zero-order chi connectivity index (χ0) is 22.6. The van der Waals surface area contributed by atoms with Crippen LogP contribution in [-0.4, -0.2) is 71.2 Å². The molecule has 4 atom stereocenters. The number of carbonyl (C=O) groups is 5. The molecule has 0 aromatic carbocycles. The topological polar surface area (TPSA) is 220 Å². The molecular formula is C16H30N6O6S. The minimum absolute atomic E-state index is 0.156. The molecule has 29 heavy (non-hydrogen) atoms. The Morgan fingerprint density at radius 2 is 1.45 bits per heavy atom. The average Bonchev–Trinajstić information content (AvgIpc) is 2.63. The molecule has 0 aliphatic rings. The number of rotatable bonds is 14. The van der Waals surface area contributed by atoms with E-state index in [1.807, 2.05) is 0 Å². The fourth-order valence-corrected chi connectivity index (χ4v) is 2.46. The highest BCUT2D eigenvalue weighted by Crippen LogP contribution is 2.03. The molecule has 0 aliphatic heterocycles. The summed E-state index contributed by atoms with van der Waals surface area (Å²) in [7, 11) is 0. The molecule has 0 aromatic heterocycles. The van der Waals surface area contributed by atoms with Gasteiger partial charge in [-0.3, -0.25) is 19.2 Å². The van der Waals surface area contributed by atoms with Crippen molar-refractivity contribution in [3.63, 3.8) is 0 Å². The van der Waals surface area contributed by atoms with Gasteiger partial charge >= 0.3 is 5.97 Å². The van der Waals surface area contributed by atoms with Crippen LogP contribution in [0.4, 0.5) is 0 Å². The van der Waals surface area contributed by atoms with Gasteiger partial charge in [0.1, 0.15) is 18.1 Å². The van der Waals surface area contributed by atoms with E-state index < -0.39 is 60.2 Å². The fourth-order valence-electron chi connectivity index (χ4n) is 2.20. The van der Waals surface area contributed by atoms with Crippen molar-refractivity contribution in [2.24, 2.45) is 17.2 Å². The first-order valence-electron chi connectivity index (χ1n) is 9.02. The second kappa shape index (κ2) is 13.7. The maximum Gasteiger partial charge on any atom is 0.326 e. The zero-order valence-corrected chi connectivity index (χ0v) is 17.1. The third-order valence-electron chi connectivity index (χ3n) is 3.83. The van der Waals surface area contributed by atoms with Crippen LogP contribution in [0.15, 0.2) is 0 Å². The summed E-state index contributed by atoms with van der Waals surface area (Å²) in [5.74, 6) is -4.59. The highest BCUT2D eigenvalue weighted by Gasteiger charge is 2.29. The van der Waals surface area contributed by atoms with Crippen LogP contribution in [0.5, 0.6) is 0 Å². The van der Waals surface area contributed by atoms with Crippen LogP contribution >= 0.6 is 12.6 Å². The maximum atomic E-state index is 12.6. The van der Waals surface area contributed by atoms with Crippen molar-refractivity contribution in [2.45, 2.75) is 56.8 Å². The highest BCUT2D eigenvalue weighted by atomic mass is 32.1. The standard InChI is InChI=1S/C16H30N6O6S/c1-8(18)13(24)20-9(4-2-3-5-17)14(25)22-11(7-29)15(26)21-10(16(27)28)6-12(19)23/h8-11,29H,2-7,17-18H2,1H3,(H2,19,23)(H,20,24)(H,21,26)(H,22,25)(H,27,28). The van der Waals surface area contributed by atoms with E-state index in [4.69, 9.17) is 22.3 Å². The van der Waals surface area contributed by atoms with Crippen molar-refractivity contribution in [3.8, 4) is 0 Å². The number of primary amides is 1. The van der Waals surface area contributed by atoms with Gasteiger partial charge in [-0.05, 0) is 32.7 Å². The molecule has 12 nitrogen and oxygen atoms in total. The molecule has 0 heterocycles. The summed E-state index contributed by atoms with van der Waals surface area (Å²) < 4.78 is 0. The number of carbonyl (C=O) groups excluding carboxylic acids is 4. The van der Waals surface area contributed by atoms with Crippen LogP contribution in [0, 0.1) is 0 Å². The Labute approximate surface area is 174 Å². The molecule has 0 spiro atoms. The Kier molecular flexibility index (Phi) is 12.6. The number of hydrogen-bond acceptors (Lipinski definition) is 8. The van der Waals surface area contributed by atoms with Crippen LogP contribution in [0.2, 0.25) is 0 Å². The number of hydrogen-bond donors (Lipinski definition) is 8. The van der Waals surface area contributed by atoms with Crippen molar-refractivity contribution in [1.82, 2.24) is 16.0 Å². The molecular weight excluding hydrogens is 404 g/mol. The van der Waals surface area contributed by atoms with Crippen molar-refractivity contribution < 1.29 is 29.1 Å². The molecule has 10 N–H and O–H groups in total. The number of thiol groups is 1. The van der Waals surface area contributed by atoms with Gasteiger partial charge in [-0.2, -0.15) is 12.6 Å². The van der Waals surface area contributed by atoms with Gasteiger partial charge in [-0.1, -0.05) is 0 Å². The number of carboxylic acids is 1. The third kappa shape index (κ3) is 10.7.